The molecule has 0 spiro atoms. The molecule has 32 heavy (non-hydrogen) atoms. The molecule has 2 amide bonds. The molecule has 0 saturated carbocycles. The van der Waals surface area contributed by atoms with Gasteiger partial charge in [0.25, 0.3) is 5.91 Å². The van der Waals surface area contributed by atoms with Crippen LogP contribution in [0.4, 0.5) is 0 Å². The van der Waals surface area contributed by atoms with E-state index in [1.54, 1.807) is 29.0 Å². The summed E-state index contributed by atoms with van der Waals surface area (Å²) in [5, 5.41) is 0. The molecular formula is C25H24N2O5. The number of furan rings is 1. The Kier molecular flexibility index (Phi) is 5.31. The first-order chi connectivity index (χ1) is 15.6. The van der Waals surface area contributed by atoms with Gasteiger partial charge in [0, 0.05) is 26.6 Å². The molecule has 0 saturated heterocycles. The van der Waals surface area contributed by atoms with Gasteiger partial charge in [0.15, 0.2) is 17.3 Å². The topological polar surface area (TPSA) is 72.2 Å². The van der Waals surface area contributed by atoms with E-state index >= 15 is 0 Å². The average molecular weight is 432 g/mol. The van der Waals surface area contributed by atoms with Crippen molar-refractivity contribution in [1.82, 2.24) is 9.80 Å². The second-order valence-electron chi connectivity index (χ2n) is 8.07. The Labute approximate surface area is 186 Å². The molecule has 0 aliphatic carbocycles. The minimum atomic E-state index is -0.607. The molecular weight excluding hydrogens is 408 g/mol. The SMILES string of the molecule is CN(Cc1ccc2c(c1)OCCO2)C(=O)C1Cc2ccccc2CN1C(=O)c1ccco1. The third kappa shape index (κ3) is 3.82. The van der Waals surface area contributed by atoms with Crippen molar-refractivity contribution in [1.29, 1.82) is 0 Å². The summed E-state index contributed by atoms with van der Waals surface area (Å²) in [5.41, 5.74) is 3.07. The lowest BCUT2D eigenvalue weighted by molar-refractivity contribution is -0.135. The lowest BCUT2D eigenvalue weighted by atomic mass is 9.93. The number of benzene rings is 2. The van der Waals surface area contributed by atoms with Crippen LogP contribution in [-0.2, 0) is 24.3 Å². The van der Waals surface area contributed by atoms with Crippen LogP contribution in [0.3, 0.4) is 0 Å². The van der Waals surface area contributed by atoms with Crippen molar-refractivity contribution in [2.24, 2.45) is 0 Å². The summed E-state index contributed by atoms with van der Waals surface area (Å²) in [6, 6.07) is 16.3. The maximum absolute atomic E-state index is 13.5. The first kappa shape index (κ1) is 20.2. The minimum absolute atomic E-state index is 0.116. The van der Waals surface area contributed by atoms with E-state index in [9.17, 15) is 9.59 Å². The van der Waals surface area contributed by atoms with Gasteiger partial charge in [-0.25, -0.2) is 0 Å². The van der Waals surface area contributed by atoms with E-state index in [1.807, 2.05) is 42.5 Å². The summed E-state index contributed by atoms with van der Waals surface area (Å²) in [7, 11) is 1.76. The Bertz CT molecular complexity index is 1140. The van der Waals surface area contributed by atoms with Crippen molar-refractivity contribution in [3.63, 3.8) is 0 Å². The molecule has 0 N–H and O–H groups in total. The van der Waals surface area contributed by atoms with Crippen molar-refractivity contribution in [3.8, 4) is 11.5 Å². The molecule has 0 fully saturated rings. The minimum Gasteiger partial charge on any atom is -0.486 e. The van der Waals surface area contributed by atoms with Crippen LogP contribution in [0.25, 0.3) is 0 Å². The Hall–Kier alpha value is -3.74. The van der Waals surface area contributed by atoms with Gasteiger partial charge in [0.1, 0.15) is 19.3 Å². The lowest BCUT2D eigenvalue weighted by Crippen LogP contribution is -2.52. The summed E-state index contributed by atoms with van der Waals surface area (Å²) in [6.45, 7) is 1.81. The van der Waals surface area contributed by atoms with Crippen LogP contribution in [0.15, 0.2) is 65.3 Å². The van der Waals surface area contributed by atoms with Crippen LogP contribution in [-0.4, -0.2) is 47.9 Å². The highest BCUT2D eigenvalue weighted by molar-refractivity contribution is 5.96. The number of carbonyl (C=O) groups is 2. The third-order valence-corrected chi connectivity index (χ3v) is 5.93. The fraction of sp³-hybridized carbons (Fsp3) is 0.280. The molecule has 1 atom stereocenters. The third-order valence-electron chi connectivity index (χ3n) is 5.93. The van der Waals surface area contributed by atoms with Crippen LogP contribution in [0.5, 0.6) is 11.5 Å². The maximum Gasteiger partial charge on any atom is 0.290 e. The molecule has 3 heterocycles. The predicted molar refractivity (Wildman–Crippen MR) is 116 cm³/mol. The predicted octanol–water partition coefficient (Wildman–Crippen LogP) is 3.28. The fourth-order valence-corrected chi connectivity index (χ4v) is 4.29. The normalized spacial score (nSPS) is 16.9. The van der Waals surface area contributed by atoms with Crippen LogP contribution in [0.1, 0.15) is 27.2 Å². The summed E-state index contributed by atoms with van der Waals surface area (Å²) in [5.74, 6) is 1.24. The highest BCUT2D eigenvalue weighted by Gasteiger charge is 2.37. The molecule has 7 heteroatoms. The zero-order valence-electron chi connectivity index (χ0n) is 17.8. The molecule has 5 rings (SSSR count). The van der Waals surface area contributed by atoms with Crippen molar-refractivity contribution in [2.45, 2.75) is 25.6 Å². The van der Waals surface area contributed by atoms with Gasteiger partial charge in [-0.1, -0.05) is 30.3 Å². The second-order valence-corrected chi connectivity index (χ2v) is 8.07. The smallest absolute Gasteiger partial charge is 0.290 e. The van der Waals surface area contributed by atoms with Gasteiger partial charge in [0.05, 0.1) is 6.26 Å². The first-order valence-corrected chi connectivity index (χ1v) is 10.6. The molecule has 2 aliphatic rings. The van der Waals surface area contributed by atoms with E-state index in [-0.39, 0.29) is 17.6 Å². The van der Waals surface area contributed by atoms with E-state index < -0.39 is 6.04 Å². The number of likely N-dealkylation sites (N-methyl/N-ethyl adjacent to an activating group) is 1. The molecule has 1 unspecified atom stereocenters. The van der Waals surface area contributed by atoms with Gasteiger partial charge < -0.3 is 23.7 Å². The van der Waals surface area contributed by atoms with Gasteiger partial charge in [0.2, 0.25) is 5.91 Å². The lowest BCUT2D eigenvalue weighted by Gasteiger charge is -2.37. The van der Waals surface area contributed by atoms with Crippen molar-refractivity contribution in [2.75, 3.05) is 20.3 Å². The molecule has 3 aromatic rings. The molecule has 0 radical (unpaired) electrons. The number of ether oxygens (including phenoxy) is 2. The Morgan fingerprint density at radius 1 is 1.00 bits per heavy atom. The standard InChI is InChI=1S/C25H24N2O5/c1-26(15-17-8-9-21-23(13-17)32-12-11-31-21)24(28)20-14-18-5-2-3-6-19(18)16-27(20)25(29)22-7-4-10-30-22/h2-10,13,20H,11-12,14-16H2,1H3. The van der Waals surface area contributed by atoms with Crippen molar-refractivity contribution >= 4 is 11.8 Å². The molecule has 2 aromatic carbocycles. The van der Waals surface area contributed by atoms with E-state index in [0.29, 0.717) is 44.2 Å². The summed E-state index contributed by atoms with van der Waals surface area (Å²) in [4.78, 5) is 30.0. The van der Waals surface area contributed by atoms with Crippen LogP contribution in [0.2, 0.25) is 0 Å². The number of fused-ring (bicyclic) bond motifs is 2. The summed E-state index contributed by atoms with van der Waals surface area (Å²) >= 11 is 0. The number of nitrogens with zero attached hydrogens (tertiary/aromatic N) is 2. The Balaban J connectivity index is 1.39. The largest absolute Gasteiger partial charge is 0.486 e. The fourth-order valence-electron chi connectivity index (χ4n) is 4.29. The summed E-state index contributed by atoms with van der Waals surface area (Å²) < 4.78 is 16.6. The van der Waals surface area contributed by atoms with Crippen LogP contribution >= 0.6 is 0 Å². The van der Waals surface area contributed by atoms with Gasteiger partial charge in [-0.2, -0.15) is 0 Å². The number of hydrogen-bond acceptors (Lipinski definition) is 5. The maximum atomic E-state index is 13.5. The highest BCUT2D eigenvalue weighted by Crippen LogP contribution is 2.31. The first-order valence-electron chi connectivity index (χ1n) is 10.6. The zero-order chi connectivity index (χ0) is 22.1. The highest BCUT2D eigenvalue weighted by atomic mass is 16.6. The Morgan fingerprint density at radius 2 is 1.78 bits per heavy atom. The second kappa shape index (κ2) is 8.42. The van der Waals surface area contributed by atoms with E-state index in [0.717, 1.165) is 16.7 Å². The van der Waals surface area contributed by atoms with Crippen molar-refractivity contribution in [3.05, 3.63) is 83.3 Å². The molecule has 164 valence electrons. The van der Waals surface area contributed by atoms with Gasteiger partial charge in [-0.05, 0) is 41.0 Å². The molecule has 1 aromatic heterocycles. The number of hydrogen-bond donors (Lipinski definition) is 0. The number of carbonyl (C=O) groups excluding carboxylic acids is 2. The van der Waals surface area contributed by atoms with Gasteiger partial charge in [-0.3, -0.25) is 9.59 Å². The van der Waals surface area contributed by atoms with E-state index in [1.165, 1.54) is 6.26 Å². The Morgan fingerprint density at radius 3 is 2.56 bits per heavy atom. The molecule has 0 bridgehead atoms. The number of rotatable bonds is 4. The van der Waals surface area contributed by atoms with Crippen LogP contribution in [0, 0.1) is 0 Å². The van der Waals surface area contributed by atoms with Gasteiger partial charge >= 0.3 is 0 Å². The monoisotopic (exact) mass is 432 g/mol. The molecule has 2 aliphatic heterocycles. The summed E-state index contributed by atoms with van der Waals surface area (Å²) in [6.07, 6.45) is 1.93. The van der Waals surface area contributed by atoms with E-state index in [4.69, 9.17) is 13.9 Å². The number of amides is 2. The average Bonchev–Trinajstić information content (AvgIpc) is 3.37. The zero-order valence-corrected chi connectivity index (χ0v) is 17.8. The van der Waals surface area contributed by atoms with Gasteiger partial charge in [-0.15, -0.1) is 0 Å². The van der Waals surface area contributed by atoms with Crippen molar-refractivity contribution < 1.29 is 23.5 Å². The van der Waals surface area contributed by atoms with Crippen LogP contribution < -0.4 is 9.47 Å². The van der Waals surface area contributed by atoms with E-state index in [2.05, 4.69) is 0 Å². The molecule has 7 nitrogen and oxygen atoms in total. The quantitative estimate of drug-likeness (QED) is 0.633.